The number of hydrogen-bond donors (Lipinski definition) is 1. The van der Waals surface area contributed by atoms with Gasteiger partial charge in [0.1, 0.15) is 0 Å². The van der Waals surface area contributed by atoms with E-state index in [2.05, 4.69) is 38.1 Å². The maximum Gasteiger partial charge on any atom is -0.00515 e. The smallest absolute Gasteiger partial charge is 0.00515 e. The molecule has 0 radical (unpaired) electrons. The Bertz CT molecular complexity index is 250. The summed E-state index contributed by atoms with van der Waals surface area (Å²) in [5.74, 6) is 0.667. The van der Waals surface area contributed by atoms with Crippen LogP contribution in [0.25, 0.3) is 0 Å². The third-order valence-electron chi connectivity index (χ3n) is 2.69. The van der Waals surface area contributed by atoms with E-state index in [1.54, 1.807) is 0 Å². The van der Waals surface area contributed by atoms with E-state index in [9.17, 15) is 0 Å². The molecule has 78 valence electrons. The van der Waals surface area contributed by atoms with Crippen molar-refractivity contribution >= 4 is 0 Å². The van der Waals surface area contributed by atoms with Crippen molar-refractivity contribution < 1.29 is 0 Å². The summed E-state index contributed by atoms with van der Waals surface area (Å²) >= 11 is 0. The topological polar surface area (TPSA) is 26.0 Å². The lowest BCUT2D eigenvalue weighted by atomic mass is 10.0. The van der Waals surface area contributed by atoms with Crippen LogP contribution >= 0.6 is 0 Å². The Labute approximate surface area is 87.3 Å². The maximum atomic E-state index is 5.57. The zero-order valence-electron chi connectivity index (χ0n) is 9.29. The molecule has 1 heteroatoms. The molecule has 0 unspecified atom stereocenters. The normalized spacial score (nSPS) is 12.8. The van der Waals surface area contributed by atoms with Crippen LogP contribution in [0.15, 0.2) is 24.3 Å². The van der Waals surface area contributed by atoms with E-state index >= 15 is 0 Å². The van der Waals surface area contributed by atoms with E-state index in [4.69, 9.17) is 5.73 Å². The second-order valence-electron chi connectivity index (χ2n) is 4.22. The largest absolute Gasteiger partial charge is 0.330 e. The van der Waals surface area contributed by atoms with E-state index in [0.29, 0.717) is 5.92 Å². The summed E-state index contributed by atoms with van der Waals surface area (Å²) in [6, 6.07) is 8.81. The van der Waals surface area contributed by atoms with Crippen molar-refractivity contribution in [3.05, 3.63) is 35.4 Å². The molecule has 2 N–H and O–H groups in total. The third-order valence-corrected chi connectivity index (χ3v) is 2.69. The Hall–Kier alpha value is -0.820. The highest BCUT2D eigenvalue weighted by Gasteiger charge is 1.99. The second kappa shape index (κ2) is 5.82. The highest BCUT2D eigenvalue weighted by molar-refractivity contribution is 5.21. The predicted octanol–water partition coefficient (Wildman–Crippen LogP) is 2.91. The van der Waals surface area contributed by atoms with Crippen LogP contribution in [-0.4, -0.2) is 6.54 Å². The molecule has 0 aliphatic carbocycles. The van der Waals surface area contributed by atoms with Gasteiger partial charge in [-0.25, -0.2) is 0 Å². The summed E-state index contributed by atoms with van der Waals surface area (Å²) in [5.41, 5.74) is 8.35. The standard InChI is InChI=1S/C13H21N/c1-11-6-8-13(9-7-11)5-3-4-12(2)10-14/h6-9,12H,3-5,10,14H2,1-2H3/t12-/m0/s1. The van der Waals surface area contributed by atoms with Gasteiger partial charge in [-0.15, -0.1) is 0 Å². The highest BCUT2D eigenvalue weighted by atomic mass is 14.5. The summed E-state index contributed by atoms with van der Waals surface area (Å²) < 4.78 is 0. The molecule has 1 aromatic rings. The quantitative estimate of drug-likeness (QED) is 0.761. The van der Waals surface area contributed by atoms with E-state index in [-0.39, 0.29) is 0 Å². The van der Waals surface area contributed by atoms with Crippen molar-refractivity contribution in [3.63, 3.8) is 0 Å². The van der Waals surface area contributed by atoms with Gasteiger partial charge in [-0.3, -0.25) is 0 Å². The third kappa shape index (κ3) is 3.93. The summed E-state index contributed by atoms with van der Waals surface area (Å²) in [6.07, 6.45) is 3.68. The Morgan fingerprint density at radius 3 is 2.43 bits per heavy atom. The van der Waals surface area contributed by atoms with Crippen molar-refractivity contribution in [2.45, 2.75) is 33.1 Å². The zero-order chi connectivity index (χ0) is 10.4. The lowest BCUT2D eigenvalue weighted by molar-refractivity contribution is 0.520. The molecular formula is C13H21N. The van der Waals surface area contributed by atoms with Crippen LogP contribution in [0.1, 0.15) is 30.9 Å². The number of aryl methyl sites for hydroxylation is 2. The van der Waals surface area contributed by atoms with Gasteiger partial charge >= 0.3 is 0 Å². The molecule has 0 spiro atoms. The number of nitrogens with two attached hydrogens (primary N) is 1. The summed E-state index contributed by atoms with van der Waals surface area (Å²) in [5, 5.41) is 0. The number of benzene rings is 1. The van der Waals surface area contributed by atoms with Crippen LogP contribution in [0.3, 0.4) is 0 Å². The van der Waals surface area contributed by atoms with Crippen LogP contribution in [0.4, 0.5) is 0 Å². The predicted molar refractivity (Wildman–Crippen MR) is 62.3 cm³/mol. The van der Waals surface area contributed by atoms with Crippen molar-refractivity contribution in [2.24, 2.45) is 11.7 Å². The zero-order valence-corrected chi connectivity index (χ0v) is 9.29. The molecule has 0 fully saturated rings. The van der Waals surface area contributed by atoms with Gasteiger partial charge in [-0.1, -0.05) is 36.8 Å². The highest BCUT2D eigenvalue weighted by Crippen LogP contribution is 2.10. The fourth-order valence-electron chi connectivity index (χ4n) is 1.53. The molecule has 0 amide bonds. The van der Waals surface area contributed by atoms with Crippen LogP contribution < -0.4 is 5.73 Å². The van der Waals surface area contributed by atoms with Gasteiger partial charge in [0.05, 0.1) is 0 Å². The lowest BCUT2D eigenvalue weighted by Gasteiger charge is -2.07. The molecule has 0 heterocycles. The molecule has 0 aromatic heterocycles. The van der Waals surface area contributed by atoms with Gasteiger partial charge in [0, 0.05) is 0 Å². The minimum atomic E-state index is 0.667. The Morgan fingerprint density at radius 1 is 1.21 bits per heavy atom. The lowest BCUT2D eigenvalue weighted by Crippen LogP contribution is -2.10. The van der Waals surface area contributed by atoms with Crippen LogP contribution in [-0.2, 0) is 6.42 Å². The van der Waals surface area contributed by atoms with Gasteiger partial charge in [-0.05, 0) is 44.2 Å². The minimum absolute atomic E-state index is 0.667. The Morgan fingerprint density at radius 2 is 1.86 bits per heavy atom. The molecule has 0 aliphatic heterocycles. The van der Waals surface area contributed by atoms with E-state index in [1.807, 2.05) is 0 Å². The molecule has 0 aliphatic rings. The van der Waals surface area contributed by atoms with Gasteiger partial charge in [-0.2, -0.15) is 0 Å². The first-order valence-corrected chi connectivity index (χ1v) is 5.48. The minimum Gasteiger partial charge on any atom is -0.330 e. The van der Waals surface area contributed by atoms with Crippen molar-refractivity contribution in [2.75, 3.05) is 6.54 Å². The van der Waals surface area contributed by atoms with Gasteiger partial charge < -0.3 is 5.73 Å². The average Bonchev–Trinajstić information content (AvgIpc) is 2.21. The van der Waals surface area contributed by atoms with Crippen LogP contribution in [0.2, 0.25) is 0 Å². The molecule has 0 saturated carbocycles. The first kappa shape index (κ1) is 11.3. The SMILES string of the molecule is Cc1ccc(CCC[C@H](C)CN)cc1. The molecule has 1 atom stereocenters. The molecule has 0 bridgehead atoms. The first-order valence-electron chi connectivity index (χ1n) is 5.48. The summed E-state index contributed by atoms with van der Waals surface area (Å²) in [7, 11) is 0. The molecular weight excluding hydrogens is 170 g/mol. The van der Waals surface area contributed by atoms with E-state index in [1.165, 1.54) is 30.4 Å². The van der Waals surface area contributed by atoms with E-state index < -0.39 is 0 Å². The number of rotatable bonds is 5. The fraction of sp³-hybridized carbons (Fsp3) is 0.538. The molecule has 1 aromatic carbocycles. The second-order valence-corrected chi connectivity index (χ2v) is 4.22. The average molecular weight is 191 g/mol. The Balaban J connectivity index is 2.28. The van der Waals surface area contributed by atoms with Crippen molar-refractivity contribution in [1.29, 1.82) is 0 Å². The van der Waals surface area contributed by atoms with Crippen LogP contribution in [0, 0.1) is 12.8 Å². The Kier molecular flexibility index (Phi) is 4.68. The molecule has 1 rings (SSSR count). The summed E-state index contributed by atoms with van der Waals surface area (Å²) in [6.45, 7) is 5.16. The maximum absolute atomic E-state index is 5.57. The van der Waals surface area contributed by atoms with Crippen molar-refractivity contribution in [3.8, 4) is 0 Å². The monoisotopic (exact) mass is 191 g/mol. The van der Waals surface area contributed by atoms with Crippen molar-refractivity contribution in [1.82, 2.24) is 0 Å². The first-order chi connectivity index (χ1) is 6.72. The van der Waals surface area contributed by atoms with Gasteiger partial charge in [0.15, 0.2) is 0 Å². The molecule has 1 nitrogen and oxygen atoms in total. The fourth-order valence-corrected chi connectivity index (χ4v) is 1.53. The summed E-state index contributed by atoms with van der Waals surface area (Å²) in [4.78, 5) is 0. The van der Waals surface area contributed by atoms with Gasteiger partial charge in [0.25, 0.3) is 0 Å². The molecule has 14 heavy (non-hydrogen) atoms. The van der Waals surface area contributed by atoms with Crippen LogP contribution in [0.5, 0.6) is 0 Å². The van der Waals surface area contributed by atoms with Gasteiger partial charge in [0.2, 0.25) is 0 Å². The number of hydrogen-bond acceptors (Lipinski definition) is 1. The van der Waals surface area contributed by atoms with E-state index in [0.717, 1.165) is 6.54 Å². The molecule has 0 saturated heterocycles.